The summed E-state index contributed by atoms with van der Waals surface area (Å²) in [4.78, 5) is 27.1. The Hall–Kier alpha value is -2.40. The number of hydrogen-bond donors (Lipinski definition) is 1. The smallest absolute Gasteiger partial charge is 0.242 e. The number of rotatable bonds is 8. The molecule has 4 nitrogen and oxygen atoms in total. The van der Waals surface area contributed by atoms with Crippen molar-refractivity contribution in [2.45, 2.75) is 39.3 Å². The summed E-state index contributed by atoms with van der Waals surface area (Å²) in [6.07, 6.45) is 0.596. The highest BCUT2D eigenvalue weighted by Crippen LogP contribution is 2.17. The molecule has 6 heteroatoms. The molecule has 0 saturated carbocycles. The van der Waals surface area contributed by atoms with Crippen LogP contribution >= 0.6 is 11.6 Å². The molecule has 0 spiro atoms. The first-order valence-electron chi connectivity index (χ1n) is 9.00. The van der Waals surface area contributed by atoms with Crippen molar-refractivity contribution in [2.24, 2.45) is 0 Å². The van der Waals surface area contributed by atoms with Crippen LogP contribution in [0.15, 0.2) is 48.5 Å². The zero-order valence-corrected chi connectivity index (χ0v) is 16.3. The molecule has 0 aliphatic rings. The number of hydrogen-bond acceptors (Lipinski definition) is 2. The lowest BCUT2D eigenvalue weighted by Crippen LogP contribution is -2.49. The summed E-state index contributed by atoms with van der Waals surface area (Å²) < 4.78 is 13.1. The van der Waals surface area contributed by atoms with Crippen molar-refractivity contribution in [1.29, 1.82) is 0 Å². The van der Waals surface area contributed by atoms with Crippen LogP contribution in [0.4, 0.5) is 4.39 Å². The van der Waals surface area contributed by atoms with Crippen LogP contribution in [0, 0.1) is 5.82 Å². The quantitative estimate of drug-likeness (QED) is 0.741. The molecule has 0 aliphatic carbocycles. The third kappa shape index (κ3) is 6.07. The Morgan fingerprint density at radius 2 is 1.63 bits per heavy atom. The van der Waals surface area contributed by atoms with Crippen LogP contribution in [-0.4, -0.2) is 29.3 Å². The highest BCUT2D eigenvalue weighted by molar-refractivity contribution is 6.30. The summed E-state index contributed by atoms with van der Waals surface area (Å²) in [6.45, 7) is 4.51. The van der Waals surface area contributed by atoms with E-state index in [0.717, 1.165) is 5.56 Å². The highest BCUT2D eigenvalue weighted by atomic mass is 35.5. The van der Waals surface area contributed by atoms with E-state index in [-0.39, 0.29) is 24.1 Å². The van der Waals surface area contributed by atoms with Gasteiger partial charge in [-0.15, -0.1) is 0 Å². The van der Waals surface area contributed by atoms with Crippen LogP contribution in [0.25, 0.3) is 0 Å². The molecule has 144 valence electrons. The van der Waals surface area contributed by atoms with Gasteiger partial charge in [-0.2, -0.15) is 0 Å². The monoisotopic (exact) mass is 390 g/mol. The van der Waals surface area contributed by atoms with Gasteiger partial charge in [-0.1, -0.05) is 42.8 Å². The number of carbonyl (C=O) groups is 2. The first kappa shape index (κ1) is 20.9. The van der Waals surface area contributed by atoms with E-state index in [9.17, 15) is 14.0 Å². The fourth-order valence-corrected chi connectivity index (χ4v) is 3.00. The first-order chi connectivity index (χ1) is 12.9. The van der Waals surface area contributed by atoms with Gasteiger partial charge in [-0.05, 0) is 48.7 Å². The molecular weight excluding hydrogens is 367 g/mol. The molecule has 0 bridgehead atoms. The van der Waals surface area contributed by atoms with Gasteiger partial charge >= 0.3 is 0 Å². The van der Waals surface area contributed by atoms with E-state index in [1.165, 1.54) is 12.1 Å². The third-order valence-corrected chi connectivity index (χ3v) is 4.52. The molecule has 0 saturated heterocycles. The van der Waals surface area contributed by atoms with Crippen LogP contribution in [0.1, 0.15) is 31.4 Å². The maximum absolute atomic E-state index is 13.1. The van der Waals surface area contributed by atoms with Gasteiger partial charge in [0.25, 0.3) is 0 Å². The van der Waals surface area contributed by atoms with Gasteiger partial charge in [-0.3, -0.25) is 9.59 Å². The van der Waals surface area contributed by atoms with Crippen LogP contribution < -0.4 is 5.32 Å². The summed E-state index contributed by atoms with van der Waals surface area (Å²) in [5.74, 6) is -0.714. The normalized spacial score (nSPS) is 11.7. The Bertz CT molecular complexity index is 763. The van der Waals surface area contributed by atoms with Crippen molar-refractivity contribution in [3.8, 4) is 0 Å². The number of nitrogens with zero attached hydrogens (tertiary/aromatic N) is 1. The number of nitrogens with one attached hydrogen (secondary N) is 1. The Labute approximate surface area is 164 Å². The maximum Gasteiger partial charge on any atom is 0.242 e. The molecule has 1 unspecified atom stereocenters. The van der Waals surface area contributed by atoms with Gasteiger partial charge in [0.05, 0.1) is 6.42 Å². The van der Waals surface area contributed by atoms with Gasteiger partial charge in [0.2, 0.25) is 11.8 Å². The van der Waals surface area contributed by atoms with Crippen molar-refractivity contribution >= 4 is 23.4 Å². The second-order valence-electron chi connectivity index (χ2n) is 6.27. The molecule has 1 atom stereocenters. The minimum atomic E-state index is -0.575. The molecule has 2 amide bonds. The molecule has 0 fully saturated rings. The van der Waals surface area contributed by atoms with E-state index in [4.69, 9.17) is 11.6 Å². The van der Waals surface area contributed by atoms with E-state index in [0.29, 0.717) is 30.1 Å². The SMILES string of the molecule is CCNC(=O)C(CC)N(Cc1ccc(Cl)cc1)C(=O)Cc1ccc(F)cc1. The van der Waals surface area contributed by atoms with Crippen LogP contribution in [0.2, 0.25) is 5.02 Å². The van der Waals surface area contributed by atoms with E-state index in [1.807, 2.05) is 26.0 Å². The number of amides is 2. The molecular formula is C21H24ClFN2O2. The van der Waals surface area contributed by atoms with E-state index in [2.05, 4.69) is 5.32 Å². The van der Waals surface area contributed by atoms with Gasteiger partial charge in [0, 0.05) is 18.1 Å². The number of carbonyl (C=O) groups excluding carboxylic acids is 2. The van der Waals surface area contributed by atoms with Crippen LogP contribution in [0.3, 0.4) is 0 Å². The van der Waals surface area contributed by atoms with Gasteiger partial charge in [0.15, 0.2) is 0 Å². The van der Waals surface area contributed by atoms with Gasteiger partial charge in [-0.25, -0.2) is 4.39 Å². The Kier molecular flexibility index (Phi) is 7.80. The lowest BCUT2D eigenvalue weighted by atomic mass is 10.1. The zero-order chi connectivity index (χ0) is 19.8. The molecule has 2 aromatic rings. The Morgan fingerprint density at radius 1 is 1.04 bits per heavy atom. The topological polar surface area (TPSA) is 49.4 Å². The molecule has 0 aliphatic heterocycles. The summed E-state index contributed by atoms with van der Waals surface area (Å²) in [5, 5.41) is 3.40. The van der Waals surface area contributed by atoms with Crippen molar-refractivity contribution in [3.05, 3.63) is 70.5 Å². The number of halogens is 2. The fraction of sp³-hybridized carbons (Fsp3) is 0.333. The van der Waals surface area contributed by atoms with Crippen molar-refractivity contribution in [2.75, 3.05) is 6.54 Å². The summed E-state index contributed by atoms with van der Waals surface area (Å²) in [7, 11) is 0. The van der Waals surface area contributed by atoms with E-state index >= 15 is 0 Å². The predicted molar refractivity (Wildman–Crippen MR) is 105 cm³/mol. The van der Waals surface area contributed by atoms with Crippen molar-refractivity contribution < 1.29 is 14.0 Å². The lowest BCUT2D eigenvalue weighted by Gasteiger charge is -2.30. The molecule has 0 heterocycles. The average molecular weight is 391 g/mol. The lowest BCUT2D eigenvalue weighted by molar-refractivity contribution is -0.140. The number of likely N-dealkylation sites (N-methyl/N-ethyl adjacent to an activating group) is 1. The summed E-state index contributed by atoms with van der Waals surface area (Å²) in [5.41, 5.74) is 1.59. The van der Waals surface area contributed by atoms with E-state index in [1.54, 1.807) is 29.2 Å². The highest BCUT2D eigenvalue weighted by Gasteiger charge is 2.28. The average Bonchev–Trinajstić information content (AvgIpc) is 2.65. The molecule has 2 rings (SSSR count). The fourth-order valence-electron chi connectivity index (χ4n) is 2.88. The zero-order valence-electron chi connectivity index (χ0n) is 15.5. The van der Waals surface area contributed by atoms with Crippen molar-refractivity contribution in [1.82, 2.24) is 10.2 Å². The maximum atomic E-state index is 13.1. The molecule has 0 aromatic heterocycles. The Morgan fingerprint density at radius 3 is 2.19 bits per heavy atom. The largest absolute Gasteiger partial charge is 0.355 e. The van der Waals surface area contributed by atoms with Crippen LogP contribution in [0.5, 0.6) is 0 Å². The van der Waals surface area contributed by atoms with Gasteiger partial charge < -0.3 is 10.2 Å². The molecule has 27 heavy (non-hydrogen) atoms. The second kappa shape index (κ2) is 10.1. The Balaban J connectivity index is 2.25. The third-order valence-electron chi connectivity index (χ3n) is 4.27. The number of benzene rings is 2. The van der Waals surface area contributed by atoms with Crippen molar-refractivity contribution in [3.63, 3.8) is 0 Å². The van der Waals surface area contributed by atoms with E-state index < -0.39 is 6.04 Å². The van der Waals surface area contributed by atoms with Crippen LogP contribution in [-0.2, 0) is 22.6 Å². The summed E-state index contributed by atoms with van der Waals surface area (Å²) >= 11 is 5.94. The minimum absolute atomic E-state index is 0.101. The molecule has 2 aromatic carbocycles. The van der Waals surface area contributed by atoms with Gasteiger partial charge in [0.1, 0.15) is 11.9 Å². The first-order valence-corrected chi connectivity index (χ1v) is 9.38. The second-order valence-corrected chi connectivity index (χ2v) is 6.71. The minimum Gasteiger partial charge on any atom is -0.355 e. The molecule has 0 radical (unpaired) electrons. The molecule has 1 N–H and O–H groups in total. The standard InChI is InChI=1S/C21H24ClFN2O2/c1-3-19(21(27)24-4-2)25(14-16-5-9-17(22)10-6-16)20(26)13-15-7-11-18(23)12-8-15/h5-12,19H,3-4,13-14H2,1-2H3,(H,24,27). The predicted octanol–water partition coefficient (Wildman–Crippen LogP) is 3.97. The summed E-state index contributed by atoms with van der Waals surface area (Å²) in [6, 6.07) is 12.4.